The molecule has 4 nitrogen and oxygen atoms in total. The maximum Gasteiger partial charge on any atom is 0.306 e. The molecule has 0 rings (SSSR count). The van der Waals surface area contributed by atoms with Gasteiger partial charge in [0.1, 0.15) is 6.10 Å². The van der Waals surface area contributed by atoms with Crippen LogP contribution in [0.4, 0.5) is 0 Å². The number of hydrogen-bond acceptors (Lipinski definition) is 4. The van der Waals surface area contributed by atoms with E-state index >= 15 is 0 Å². The average Bonchev–Trinajstić information content (AvgIpc) is 2.94. The first-order chi connectivity index (χ1) is 19.2. The van der Waals surface area contributed by atoms with Crippen molar-refractivity contribution < 1.29 is 19.4 Å². The van der Waals surface area contributed by atoms with E-state index in [1.165, 1.54) is 44.9 Å². The Bertz CT molecular complexity index is 699. The molecule has 222 valence electrons. The van der Waals surface area contributed by atoms with Crippen LogP contribution in [0.15, 0.2) is 72.9 Å². The van der Waals surface area contributed by atoms with Gasteiger partial charge in [0.25, 0.3) is 0 Å². The molecule has 0 aromatic carbocycles. The Labute approximate surface area is 240 Å². The van der Waals surface area contributed by atoms with Gasteiger partial charge in [0, 0.05) is 13.0 Å². The summed E-state index contributed by atoms with van der Waals surface area (Å²) in [5, 5.41) is 9.46. The van der Waals surface area contributed by atoms with Crippen LogP contribution in [-0.2, 0) is 14.3 Å². The summed E-state index contributed by atoms with van der Waals surface area (Å²) >= 11 is 0. The van der Waals surface area contributed by atoms with E-state index in [1.807, 2.05) is 6.08 Å². The van der Waals surface area contributed by atoms with E-state index in [4.69, 9.17) is 9.47 Å². The largest absolute Gasteiger partial charge is 0.457 e. The molecule has 0 radical (unpaired) electrons. The van der Waals surface area contributed by atoms with Gasteiger partial charge < -0.3 is 14.6 Å². The SMILES string of the molecule is CC/C=C\C/C=C\C/C=C\C/C=C\C/C=C\C/C=C\CCC(=O)OC(CO)COCCCCCCCCCC. The molecule has 0 aliphatic carbocycles. The third-order valence-electron chi connectivity index (χ3n) is 6.06. The molecule has 0 saturated heterocycles. The number of carbonyl (C=O) groups is 1. The maximum absolute atomic E-state index is 12.0. The monoisotopic (exact) mass is 542 g/mol. The fourth-order valence-electron chi connectivity index (χ4n) is 3.76. The third-order valence-corrected chi connectivity index (χ3v) is 6.06. The molecule has 0 heterocycles. The second-order valence-electron chi connectivity index (χ2n) is 9.80. The zero-order chi connectivity index (χ0) is 28.5. The quantitative estimate of drug-likeness (QED) is 0.0638. The van der Waals surface area contributed by atoms with Gasteiger partial charge in [-0.3, -0.25) is 4.79 Å². The van der Waals surface area contributed by atoms with E-state index in [2.05, 4.69) is 80.7 Å². The number of aliphatic hydroxyl groups is 1. The molecule has 0 saturated carbocycles. The van der Waals surface area contributed by atoms with Gasteiger partial charge in [-0.1, -0.05) is 132 Å². The second-order valence-corrected chi connectivity index (χ2v) is 9.80. The number of allylic oxidation sites excluding steroid dienone is 12. The summed E-state index contributed by atoms with van der Waals surface area (Å²) in [6, 6.07) is 0. The predicted octanol–water partition coefficient (Wildman–Crippen LogP) is 9.53. The van der Waals surface area contributed by atoms with Gasteiger partial charge in [-0.25, -0.2) is 0 Å². The summed E-state index contributed by atoms with van der Waals surface area (Å²) in [5.41, 5.74) is 0. The number of unbranched alkanes of at least 4 members (excludes halogenated alkanes) is 7. The Morgan fingerprint density at radius 2 is 1.10 bits per heavy atom. The molecule has 1 unspecified atom stereocenters. The molecule has 0 amide bonds. The van der Waals surface area contributed by atoms with E-state index in [-0.39, 0.29) is 19.2 Å². The van der Waals surface area contributed by atoms with Crippen LogP contribution in [-0.4, -0.2) is 37.0 Å². The lowest BCUT2D eigenvalue weighted by Crippen LogP contribution is -2.27. The Kier molecular flexibility index (Phi) is 30.3. The Balaban J connectivity index is 3.69. The van der Waals surface area contributed by atoms with Crippen LogP contribution in [0, 0.1) is 0 Å². The van der Waals surface area contributed by atoms with Crippen LogP contribution in [0.1, 0.15) is 117 Å². The molecule has 0 aromatic rings. The van der Waals surface area contributed by atoms with Crippen molar-refractivity contribution in [3.63, 3.8) is 0 Å². The number of aliphatic hydroxyl groups excluding tert-OH is 1. The van der Waals surface area contributed by atoms with Gasteiger partial charge >= 0.3 is 5.97 Å². The molecule has 0 spiro atoms. The van der Waals surface area contributed by atoms with Crippen LogP contribution in [0.25, 0.3) is 0 Å². The summed E-state index contributed by atoms with van der Waals surface area (Å²) in [6.07, 6.45) is 42.3. The average molecular weight is 543 g/mol. The van der Waals surface area contributed by atoms with Crippen LogP contribution in [0.5, 0.6) is 0 Å². The minimum atomic E-state index is -0.572. The van der Waals surface area contributed by atoms with E-state index in [0.29, 0.717) is 19.4 Å². The third kappa shape index (κ3) is 30.2. The van der Waals surface area contributed by atoms with Crippen molar-refractivity contribution in [3.05, 3.63) is 72.9 Å². The minimum absolute atomic E-state index is 0.205. The van der Waals surface area contributed by atoms with Crippen molar-refractivity contribution in [3.8, 4) is 0 Å². The smallest absolute Gasteiger partial charge is 0.306 e. The van der Waals surface area contributed by atoms with Gasteiger partial charge in [-0.15, -0.1) is 0 Å². The van der Waals surface area contributed by atoms with Gasteiger partial charge in [0.05, 0.1) is 13.2 Å². The predicted molar refractivity (Wildman–Crippen MR) is 168 cm³/mol. The van der Waals surface area contributed by atoms with Crippen LogP contribution >= 0.6 is 0 Å². The van der Waals surface area contributed by atoms with Gasteiger partial charge in [-0.05, 0) is 51.4 Å². The molecule has 0 aliphatic heterocycles. The lowest BCUT2D eigenvalue weighted by molar-refractivity contribution is -0.154. The summed E-state index contributed by atoms with van der Waals surface area (Å²) in [4.78, 5) is 12.0. The first-order valence-corrected chi connectivity index (χ1v) is 15.5. The zero-order valence-corrected chi connectivity index (χ0v) is 25.1. The molecular formula is C35H58O4. The normalized spacial score (nSPS) is 13.4. The van der Waals surface area contributed by atoms with Crippen molar-refractivity contribution in [1.29, 1.82) is 0 Å². The number of carbonyl (C=O) groups excluding carboxylic acids is 1. The van der Waals surface area contributed by atoms with Crippen molar-refractivity contribution in [2.24, 2.45) is 0 Å². The molecule has 4 heteroatoms. The summed E-state index contributed by atoms with van der Waals surface area (Å²) in [7, 11) is 0. The molecule has 0 aromatic heterocycles. The molecule has 39 heavy (non-hydrogen) atoms. The summed E-state index contributed by atoms with van der Waals surface area (Å²) in [6.45, 7) is 5.10. The lowest BCUT2D eigenvalue weighted by Gasteiger charge is -2.15. The highest BCUT2D eigenvalue weighted by atomic mass is 16.6. The Hall–Kier alpha value is -2.17. The highest BCUT2D eigenvalue weighted by Crippen LogP contribution is 2.09. The van der Waals surface area contributed by atoms with Crippen LogP contribution in [0.2, 0.25) is 0 Å². The Morgan fingerprint density at radius 3 is 1.59 bits per heavy atom. The lowest BCUT2D eigenvalue weighted by atomic mass is 10.1. The van der Waals surface area contributed by atoms with Gasteiger partial charge in [0.15, 0.2) is 0 Å². The first-order valence-electron chi connectivity index (χ1n) is 15.5. The second kappa shape index (κ2) is 32.0. The summed E-state index contributed by atoms with van der Waals surface area (Å²) in [5.74, 6) is -0.288. The van der Waals surface area contributed by atoms with Gasteiger partial charge in [0.2, 0.25) is 0 Å². The first kappa shape index (κ1) is 36.8. The number of ether oxygens (including phenoxy) is 2. The maximum atomic E-state index is 12.0. The van der Waals surface area contributed by atoms with E-state index in [1.54, 1.807) is 0 Å². The zero-order valence-electron chi connectivity index (χ0n) is 25.1. The summed E-state index contributed by atoms with van der Waals surface area (Å²) < 4.78 is 10.9. The molecule has 0 aliphatic rings. The number of rotatable bonds is 27. The fraction of sp³-hybridized carbons (Fsp3) is 0.629. The molecule has 1 N–H and O–H groups in total. The highest BCUT2D eigenvalue weighted by molar-refractivity contribution is 5.69. The fourth-order valence-corrected chi connectivity index (χ4v) is 3.76. The Morgan fingerprint density at radius 1 is 0.641 bits per heavy atom. The van der Waals surface area contributed by atoms with Crippen molar-refractivity contribution in [2.45, 2.75) is 123 Å². The van der Waals surface area contributed by atoms with E-state index in [0.717, 1.165) is 44.9 Å². The van der Waals surface area contributed by atoms with Crippen molar-refractivity contribution >= 4 is 5.97 Å². The molecular weight excluding hydrogens is 484 g/mol. The minimum Gasteiger partial charge on any atom is -0.457 e. The topological polar surface area (TPSA) is 55.8 Å². The van der Waals surface area contributed by atoms with E-state index in [9.17, 15) is 9.90 Å². The number of esters is 1. The molecule has 0 fully saturated rings. The van der Waals surface area contributed by atoms with Crippen molar-refractivity contribution in [1.82, 2.24) is 0 Å². The molecule has 0 bridgehead atoms. The van der Waals surface area contributed by atoms with Crippen molar-refractivity contribution in [2.75, 3.05) is 19.8 Å². The highest BCUT2D eigenvalue weighted by Gasteiger charge is 2.13. The van der Waals surface area contributed by atoms with Gasteiger partial charge in [-0.2, -0.15) is 0 Å². The molecule has 1 atom stereocenters. The standard InChI is InChI=1S/C35H58O4/c1-3-5-7-9-11-13-14-15-16-17-18-19-20-21-22-23-24-26-28-30-35(37)39-34(32-36)33-38-31-29-27-25-12-10-8-6-4-2/h5,7,11,13,15-16,18-19,21-22,24,26,34,36H,3-4,6,8-10,12,14,17,20,23,25,27-33H2,1-2H3/b7-5-,13-11-,16-15-,19-18-,22-21-,26-24-. The van der Waals surface area contributed by atoms with Crippen LogP contribution < -0.4 is 0 Å². The number of hydrogen-bond donors (Lipinski definition) is 1. The van der Waals surface area contributed by atoms with Crippen LogP contribution in [0.3, 0.4) is 0 Å². The van der Waals surface area contributed by atoms with E-state index < -0.39 is 6.10 Å².